The molecule has 4 aromatic carbocycles. The SMILES string of the molecule is C=C/C(=C\C=N)n1c2ccc(-c3cncnc3)cc2c2cc3c(cc21)-c1cc2c(cc1CC3)c1cc(-c3cn[nH]c3)ccc1n2C(/C=C\N)=C/C. The van der Waals surface area contributed by atoms with Crippen LogP contribution in [0.25, 0.3) is 88.4 Å². The number of nitrogens with zero attached hydrogens (tertiary/aromatic N) is 5. The monoisotopic (exact) mass is 662 g/mol. The molecule has 8 heteroatoms. The minimum Gasteiger partial charge on any atom is -0.405 e. The first-order valence-corrected chi connectivity index (χ1v) is 17.0. The van der Waals surface area contributed by atoms with E-state index >= 15 is 0 Å². The highest BCUT2D eigenvalue weighted by Crippen LogP contribution is 2.44. The molecule has 0 fully saturated rings. The third-order valence-corrected chi connectivity index (χ3v) is 10.2. The van der Waals surface area contributed by atoms with Crippen LogP contribution >= 0.6 is 0 Å². The van der Waals surface area contributed by atoms with Crippen molar-refractivity contribution in [2.45, 2.75) is 19.8 Å². The highest BCUT2D eigenvalue weighted by molar-refractivity contribution is 6.15. The molecule has 0 saturated heterocycles. The molecule has 0 amide bonds. The van der Waals surface area contributed by atoms with Crippen molar-refractivity contribution in [2.24, 2.45) is 5.73 Å². The number of nitrogens with one attached hydrogen (secondary N) is 2. The van der Waals surface area contributed by atoms with Crippen molar-refractivity contribution in [3.8, 4) is 33.4 Å². The van der Waals surface area contributed by atoms with Crippen molar-refractivity contribution in [3.05, 3.63) is 140 Å². The molecule has 4 aromatic heterocycles. The van der Waals surface area contributed by atoms with E-state index < -0.39 is 0 Å². The smallest absolute Gasteiger partial charge is 0.115 e. The number of aromatic nitrogens is 6. The zero-order valence-corrected chi connectivity index (χ0v) is 28.1. The number of nitrogens with two attached hydrogens (primary N) is 1. The maximum absolute atomic E-state index is 7.93. The Balaban J connectivity index is 1.33. The second-order valence-electron chi connectivity index (χ2n) is 12.8. The maximum Gasteiger partial charge on any atom is 0.115 e. The third kappa shape index (κ3) is 4.68. The Morgan fingerprint density at radius 3 is 1.86 bits per heavy atom. The van der Waals surface area contributed by atoms with Gasteiger partial charge in [0, 0.05) is 68.9 Å². The quantitative estimate of drug-likeness (QED) is 0.116. The van der Waals surface area contributed by atoms with Crippen LogP contribution in [0.3, 0.4) is 0 Å². The van der Waals surface area contributed by atoms with Crippen molar-refractivity contribution >= 4 is 61.2 Å². The van der Waals surface area contributed by atoms with Gasteiger partial charge in [-0.1, -0.05) is 24.8 Å². The van der Waals surface area contributed by atoms with Gasteiger partial charge in [0.15, 0.2) is 0 Å². The molecular formula is C43H34N8. The van der Waals surface area contributed by atoms with Crippen LogP contribution in [0.15, 0.2) is 129 Å². The number of aryl methyl sites for hydroxylation is 2. The van der Waals surface area contributed by atoms with Crippen LogP contribution in [0.2, 0.25) is 0 Å². The summed E-state index contributed by atoms with van der Waals surface area (Å²) in [5.74, 6) is 0. The molecule has 0 saturated carbocycles. The van der Waals surface area contributed by atoms with Crippen LogP contribution in [-0.2, 0) is 12.8 Å². The topological polar surface area (TPSA) is 114 Å². The first kappa shape index (κ1) is 30.3. The van der Waals surface area contributed by atoms with Gasteiger partial charge in [0.05, 0.1) is 28.3 Å². The Morgan fingerprint density at radius 2 is 1.33 bits per heavy atom. The van der Waals surface area contributed by atoms with E-state index in [1.807, 2.05) is 43.9 Å². The molecule has 1 aliphatic rings. The fourth-order valence-electron chi connectivity index (χ4n) is 7.90. The molecule has 8 aromatic rings. The lowest BCUT2D eigenvalue weighted by Gasteiger charge is -2.22. The Kier molecular flexibility index (Phi) is 7.10. The molecule has 4 heterocycles. The van der Waals surface area contributed by atoms with E-state index in [-0.39, 0.29) is 0 Å². The third-order valence-electron chi connectivity index (χ3n) is 10.2. The summed E-state index contributed by atoms with van der Waals surface area (Å²) in [4.78, 5) is 8.51. The summed E-state index contributed by atoms with van der Waals surface area (Å²) in [6, 6.07) is 22.6. The number of allylic oxidation sites excluding steroid dienone is 6. The standard InChI is InChI=1S/C43H34N8/c1-3-32(11-13-44)50-40-9-7-26(30-21-46-25-47-22-30)15-36(40)38-17-28-5-6-29-18-39-37-16-27(31-23-48-49-24-31)8-10-41(37)51(33(4-2)12-14-45)43(39)20-35(29)34(28)19-42(38)50/h3-4,7-25,44H,1,5-6,45H2,2H3,(H,48,49)/b14-12-,32-11+,33-4+,44-13?. The Morgan fingerprint density at radius 1 is 0.745 bits per heavy atom. The van der Waals surface area contributed by atoms with Crippen LogP contribution in [0.5, 0.6) is 0 Å². The van der Waals surface area contributed by atoms with E-state index in [0.717, 1.165) is 79.3 Å². The maximum atomic E-state index is 7.93. The Hall–Kier alpha value is -6.80. The minimum absolute atomic E-state index is 0.840. The zero-order chi connectivity index (χ0) is 34.6. The van der Waals surface area contributed by atoms with Crippen molar-refractivity contribution in [1.29, 1.82) is 5.41 Å². The molecule has 1 aliphatic carbocycles. The van der Waals surface area contributed by atoms with Crippen molar-refractivity contribution in [1.82, 2.24) is 29.3 Å². The van der Waals surface area contributed by atoms with Crippen molar-refractivity contribution in [2.75, 3.05) is 0 Å². The Bertz CT molecular complexity index is 2790. The number of benzene rings is 4. The van der Waals surface area contributed by atoms with Gasteiger partial charge in [-0.25, -0.2) is 9.97 Å². The number of fused-ring (bicyclic) bond motifs is 9. The van der Waals surface area contributed by atoms with Crippen LogP contribution in [0.4, 0.5) is 0 Å². The molecule has 4 N–H and O–H groups in total. The predicted molar refractivity (Wildman–Crippen MR) is 210 cm³/mol. The molecule has 0 atom stereocenters. The molecule has 8 nitrogen and oxygen atoms in total. The van der Waals surface area contributed by atoms with Crippen LogP contribution in [-0.4, -0.2) is 35.5 Å². The normalized spacial score (nSPS) is 13.4. The number of hydrogen-bond acceptors (Lipinski definition) is 5. The molecular weight excluding hydrogens is 629 g/mol. The molecule has 0 bridgehead atoms. The van der Waals surface area contributed by atoms with Gasteiger partial charge in [0.2, 0.25) is 0 Å². The summed E-state index contributed by atoms with van der Waals surface area (Å²) in [6.45, 7) is 6.17. The van der Waals surface area contributed by atoms with E-state index in [4.69, 9.17) is 11.1 Å². The summed E-state index contributed by atoms with van der Waals surface area (Å²) in [5, 5.41) is 19.8. The predicted octanol–water partition coefficient (Wildman–Crippen LogP) is 9.52. The largest absolute Gasteiger partial charge is 0.405 e. The average molecular weight is 663 g/mol. The van der Waals surface area contributed by atoms with E-state index in [9.17, 15) is 0 Å². The van der Waals surface area contributed by atoms with E-state index in [2.05, 4.69) is 103 Å². The van der Waals surface area contributed by atoms with Gasteiger partial charge in [-0.2, -0.15) is 5.10 Å². The van der Waals surface area contributed by atoms with Crippen LogP contribution in [0.1, 0.15) is 18.1 Å². The number of H-pyrrole nitrogens is 1. The summed E-state index contributed by atoms with van der Waals surface area (Å²) in [5.41, 5.74) is 21.5. The van der Waals surface area contributed by atoms with Gasteiger partial charge >= 0.3 is 0 Å². The summed E-state index contributed by atoms with van der Waals surface area (Å²) < 4.78 is 4.54. The second-order valence-corrected chi connectivity index (χ2v) is 12.8. The number of aromatic amines is 1. The van der Waals surface area contributed by atoms with E-state index in [1.165, 1.54) is 39.2 Å². The molecule has 51 heavy (non-hydrogen) atoms. The molecule has 9 rings (SSSR count). The first-order valence-electron chi connectivity index (χ1n) is 17.0. The number of rotatable bonds is 7. The average Bonchev–Trinajstić information content (AvgIpc) is 3.90. The molecule has 0 unspecified atom stereocenters. The van der Waals surface area contributed by atoms with Gasteiger partial charge in [0.1, 0.15) is 6.33 Å². The lowest BCUT2D eigenvalue weighted by atomic mass is 9.84. The molecule has 0 spiro atoms. The first-order chi connectivity index (χ1) is 25.1. The fraction of sp³-hybridized carbons (Fsp3) is 0.0698. The molecule has 246 valence electrons. The highest BCUT2D eigenvalue weighted by atomic mass is 15.1. The van der Waals surface area contributed by atoms with Crippen molar-refractivity contribution < 1.29 is 0 Å². The fourth-order valence-corrected chi connectivity index (χ4v) is 7.90. The van der Waals surface area contributed by atoms with Gasteiger partial charge in [0.25, 0.3) is 0 Å². The highest BCUT2D eigenvalue weighted by Gasteiger charge is 2.24. The van der Waals surface area contributed by atoms with Gasteiger partial charge in [-0.05, 0) is 126 Å². The number of hydrogen-bond donors (Lipinski definition) is 3. The molecule has 0 aliphatic heterocycles. The minimum atomic E-state index is 0.840. The summed E-state index contributed by atoms with van der Waals surface area (Å²) in [6.07, 6.45) is 21.5. The lowest BCUT2D eigenvalue weighted by molar-refractivity contribution is 0.946. The van der Waals surface area contributed by atoms with Gasteiger partial charge in [-0.15, -0.1) is 0 Å². The summed E-state index contributed by atoms with van der Waals surface area (Å²) in [7, 11) is 0. The van der Waals surface area contributed by atoms with Crippen LogP contribution < -0.4 is 5.73 Å². The Labute approximate surface area is 294 Å². The second kappa shape index (κ2) is 12.0. The summed E-state index contributed by atoms with van der Waals surface area (Å²) >= 11 is 0. The van der Waals surface area contributed by atoms with Crippen LogP contribution in [0, 0.1) is 5.41 Å². The zero-order valence-electron chi connectivity index (χ0n) is 28.1. The van der Waals surface area contributed by atoms with Gasteiger partial charge in [-0.3, -0.25) is 5.10 Å². The van der Waals surface area contributed by atoms with Gasteiger partial charge < -0.3 is 20.3 Å². The van der Waals surface area contributed by atoms with E-state index in [0.29, 0.717) is 0 Å². The lowest BCUT2D eigenvalue weighted by Crippen LogP contribution is -2.05. The van der Waals surface area contributed by atoms with Crippen molar-refractivity contribution in [3.63, 3.8) is 0 Å². The molecule has 0 radical (unpaired) electrons. The van der Waals surface area contributed by atoms with E-state index in [1.54, 1.807) is 18.6 Å².